The van der Waals surface area contributed by atoms with Gasteiger partial charge in [-0.05, 0) is 45.4 Å². The molecule has 0 aromatic carbocycles. The second kappa shape index (κ2) is 6.72. The van der Waals surface area contributed by atoms with Crippen molar-refractivity contribution in [2.75, 3.05) is 18.0 Å². The van der Waals surface area contributed by atoms with Gasteiger partial charge in [-0.3, -0.25) is 9.36 Å². The maximum absolute atomic E-state index is 12.4. The van der Waals surface area contributed by atoms with Crippen LogP contribution in [0.2, 0.25) is 0 Å². The number of nitrogens with zero attached hydrogens (tertiary/aromatic N) is 6. The molecule has 1 aliphatic heterocycles. The van der Waals surface area contributed by atoms with Crippen molar-refractivity contribution in [1.29, 1.82) is 0 Å². The lowest BCUT2D eigenvalue weighted by Gasteiger charge is -2.33. The fourth-order valence-electron chi connectivity index (χ4n) is 4.22. The molecule has 0 bridgehead atoms. The van der Waals surface area contributed by atoms with Crippen LogP contribution in [0.3, 0.4) is 0 Å². The zero-order valence-electron chi connectivity index (χ0n) is 16.5. The Labute approximate surface area is 164 Å². The van der Waals surface area contributed by atoms with E-state index in [1.165, 1.54) is 12.8 Å². The molecule has 4 heterocycles. The molecule has 5 rings (SSSR count). The molecule has 3 aromatic heterocycles. The van der Waals surface area contributed by atoms with Gasteiger partial charge in [0.25, 0.3) is 5.56 Å². The van der Waals surface area contributed by atoms with Crippen LogP contribution in [0.15, 0.2) is 29.3 Å². The molecule has 0 N–H and O–H groups in total. The molecular weight excluding hydrogens is 352 g/mol. The first-order valence-corrected chi connectivity index (χ1v) is 10.2. The third-order valence-corrected chi connectivity index (χ3v) is 5.95. The van der Waals surface area contributed by atoms with Crippen LogP contribution >= 0.6 is 0 Å². The Balaban J connectivity index is 1.29. The van der Waals surface area contributed by atoms with Gasteiger partial charge in [-0.1, -0.05) is 0 Å². The quantitative estimate of drug-likeness (QED) is 0.698. The molecule has 1 saturated carbocycles. The van der Waals surface area contributed by atoms with Crippen molar-refractivity contribution in [3.63, 3.8) is 0 Å². The van der Waals surface area contributed by atoms with Crippen molar-refractivity contribution in [1.82, 2.24) is 24.1 Å². The summed E-state index contributed by atoms with van der Waals surface area (Å²) in [7, 11) is 0. The molecule has 28 heavy (non-hydrogen) atoms. The summed E-state index contributed by atoms with van der Waals surface area (Å²) < 4.78 is 3.74. The highest BCUT2D eigenvalue weighted by atomic mass is 16.1. The lowest BCUT2D eigenvalue weighted by atomic mass is 9.96. The van der Waals surface area contributed by atoms with Crippen LogP contribution in [0, 0.1) is 19.8 Å². The molecule has 7 nitrogen and oxygen atoms in total. The Bertz CT molecular complexity index is 1070. The van der Waals surface area contributed by atoms with Gasteiger partial charge in [0.2, 0.25) is 0 Å². The number of hydrogen-bond donors (Lipinski definition) is 0. The molecule has 2 fully saturated rings. The minimum Gasteiger partial charge on any atom is -0.356 e. The summed E-state index contributed by atoms with van der Waals surface area (Å²) in [5.74, 6) is 2.14. The standard InChI is InChI=1S/C21H26N6O/c1-14-10-20(27-19(23-14)9-15(2)24-27)25-7-5-16(6-8-25)12-26-13-22-18(11-21(26)28)17-3-4-17/h9-11,13,16-17H,3-8,12H2,1-2H3. The third-order valence-electron chi connectivity index (χ3n) is 5.95. The van der Waals surface area contributed by atoms with Gasteiger partial charge < -0.3 is 4.90 Å². The Morgan fingerprint density at radius 3 is 2.54 bits per heavy atom. The predicted molar refractivity (Wildman–Crippen MR) is 108 cm³/mol. The average Bonchev–Trinajstić information content (AvgIpc) is 3.45. The van der Waals surface area contributed by atoms with E-state index in [2.05, 4.69) is 26.0 Å². The van der Waals surface area contributed by atoms with Crippen LogP contribution in [-0.2, 0) is 6.54 Å². The largest absolute Gasteiger partial charge is 0.356 e. The van der Waals surface area contributed by atoms with Crippen molar-refractivity contribution in [3.8, 4) is 0 Å². The molecular formula is C21H26N6O. The van der Waals surface area contributed by atoms with Crippen LogP contribution in [0.4, 0.5) is 5.82 Å². The highest BCUT2D eigenvalue weighted by Crippen LogP contribution is 2.38. The molecule has 0 spiro atoms. The first-order chi connectivity index (χ1) is 13.6. The molecule has 1 aliphatic carbocycles. The van der Waals surface area contributed by atoms with Crippen LogP contribution in [0.25, 0.3) is 5.65 Å². The minimum absolute atomic E-state index is 0.0952. The summed E-state index contributed by atoms with van der Waals surface area (Å²) in [6.07, 6.45) is 6.21. The summed E-state index contributed by atoms with van der Waals surface area (Å²) in [4.78, 5) is 23.9. The van der Waals surface area contributed by atoms with Crippen molar-refractivity contribution in [2.45, 2.75) is 52.0 Å². The van der Waals surface area contributed by atoms with E-state index in [-0.39, 0.29) is 5.56 Å². The summed E-state index contributed by atoms with van der Waals surface area (Å²) in [5.41, 5.74) is 3.97. The van der Waals surface area contributed by atoms with E-state index < -0.39 is 0 Å². The number of aromatic nitrogens is 5. The number of hydrogen-bond acceptors (Lipinski definition) is 5. The molecule has 0 radical (unpaired) electrons. The van der Waals surface area contributed by atoms with Gasteiger partial charge in [-0.25, -0.2) is 9.97 Å². The van der Waals surface area contributed by atoms with E-state index in [4.69, 9.17) is 0 Å². The van der Waals surface area contributed by atoms with Gasteiger partial charge in [0.05, 0.1) is 17.7 Å². The summed E-state index contributed by atoms with van der Waals surface area (Å²) in [6.45, 7) is 6.72. The van der Waals surface area contributed by atoms with Crippen LogP contribution < -0.4 is 10.5 Å². The number of aryl methyl sites for hydroxylation is 2. The van der Waals surface area contributed by atoms with Gasteiger partial charge >= 0.3 is 0 Å². The molecule has 0 atom stereocenters. The fraction of sp³-hybridized carbons (Fsp3) is 0.524. The number of piperidine rings is 1. The molecule has 7 heteroatoms. The zero-order chi connectivity index (χ0) is 19.3. The van der Waals surface area contributed by atoms with Crippen molar-refractivity contribution in [2.24, 2.45) is 5.92 Å². The first-order valence-electron chi connectivity index (χ1n) is 10.2. The molecule has 0 unspecified atom stereocenters. The second-order valence-electron chi connectivity index (χ2n) is 8.32. The Kier molecular flexibility index (Phi) is 4.18. The van der Waals surface area contributed by atoms with Crippen molar-refractivity contribution < 1.29 is 0 Å². The van der Waals surface area contributed by atoms with Gasteiger partial charge in [0.15, 0.2) is 5.65 Å². The van der Waals surface area contributed by atoms with Crippen LogP contribution in [0.1, 0.15) is 48.7 Å². The number of rotatable bonds is 4. The van der Waals surface area contributed by atoms with E-state index >= 15 is 0 Å². The zero-order valence-corrected chi connectivity index (χ0v) is 16.5. The lowest BCUT2D eigenvalue weighted by molar-refractivity contribution is 0.349. The van der Waals surface area contributed by atoms with E-state index in [1.54, 1.807) is 17.0 Å². The Morgan fingerprint density at radius 1 is 1.04 bits per heavy atom. The Morgan fingerprint density at radius 2 is 1.82 bits per heavy atom. The van der Waals surface area contributed by atoms with E-state index in [1.807, 2.05) is 24.4 Å². The molecule has 1 saturated heterocycles. The minimum atomic E-state index is 0.0952. The SMILES string of the molecule is Cc1cc(N2CCC(Cn3cnc(C4CC4)cc3=O)CC2)n2nc(C)cc2n1. The van der Waals surface area contributed by atoms with E-state index in [0.29, 0.717) is 11.8 Å². The topological polar surface area (TPSA) is 68.3 Å². The van der Waals surface area contributed by atoms with Gasteiger partial charge in [0, 0.05) is 49.4 Å². The second-order valence-corrected chi connectivity index (χ2v) is 8.32. The maximum atomic E-state index is 12.4. The fourth-order valence-corrected chi connectivity index (χ4v) is 4.22. The van der Waals surface area contributed by atoms with Crippen LogP contribution in [0.5, 0.6) is 0 Å². The summed E-state index contributed by atoms with van der Waals surface area (Å²) >= 11 is 0. The summed E-state index contributed by atoms with van der Waals surface area (Å²) in [5, 5.41) is 4.61. The van der Waals surface area contributed by atoms with Crippen molar-refractivity contribution in [3.05, 3.63) is 52.0 Å². The third kappa shape index (κ3) is 3.30. The smallest absolute Gasteiger partial charge is 0.253 e. The normalized spacial score (nSPS) is 18.1. The Hall–Kier alpha value is -2.70. The first kappa shape index (κ1) is 17.4. The van der Waals surface area contributed by atoms with Crippen molar-refractivity contribution >= 4 is 11.5 Å². The van der Waals surface area contributed by atoms with Gasteiger partial charge in [0.1, 0.15) is 5.82 Å². The molecule has 0 amide bonds. The van der Waals surface area contributed by atoms with E-state index in [9.17, 15) is 4.79 Å². The van der Waals surface area contributed by atoms with Gasteiger partial charge in [-0.2, -0.15) is 9.61 Å². The highest BCUT2D eigenvalue weighted by Gasteiger charge is 2.26. The van der Waals surface area contributed by atoms with Gasteiger partial charge in [-0.15, -0.1) is 0 Å². The number of fused-ring (bicyclic) bond motifs is 1. The lowest BCUT2D eigenvalue weighted by Crippen LogP contribution is -2.37. The average molecular weight is 378 g/mol. The van der Waals surface area contributed by atoms with E-state index in [0.717, 1.165) is 61.0 Å². The molecule has 2 aliphatic rings. The predicted octanol–water partition coefficient (Wildman–Crippen LogP) is 2.70. The highest BCUT2D eigenvalue weighted by molar-refractivity contribution is 5.52. The number of anilines is 1. The molecule has 146 valence electrons. The molecule has 3 aromatic rings. The maximum Gasteiger partial charge on any atom is 0.253 e. The summed E-state index contributed by atoms with van der Waals surface area (Å²) in [6, 6.07) is 5.88. The monoisotopic (exact) mass is 378 g/mol. The van der Waals surface area contributed by atoms with Crippen LogP contribution in [-0.4, -0.2) is 37.2 Å².